The fourth-order valence-electron chi connectivity index (χ4n) is 1.09. The summed E-state index contributed by atoms with van der Waals surface area (Å²) in [6, 6.07) is 4.22. The zero-order valence-corrected chi connectivity index (χ0v) is 8.54. The summed E-state index contributed by atoms with van der Waals surface area (Å²) in [6.07, 6.45) is 2.42. The van der Waals surface area contributed by atoms with E-state index in [0.29, 0.717) is 11.3 Å². The van der Waals surface area contributed by atoms with Crippen LogP contribution in [0.3, 0.4) is 0 Å². The number of nitro benzene ring substituents is 1. The molecule has 6 heteroatoms. The van der Waals surface area contributed by atoms with Gasteiger partial charge in [0.25, 0.3) is 5.69 Å². The molecule has 0 bridgehead atoms. The summed E-state index contributed by atoms with van der Waals surface area (Å²) in [5.74, 6) is -0.578. The number of carbonyl (C=O) groups is 1. The van der Waals surface area contributed by atoms with E-state index in [1.165, 1.54) is 31.4 Å². The van der Waals surface area contributed by atoms with Crippen LogP contribution in [0.4, 0.5) is 11.4 Å². The predicted octanol–water partition coefficient (Wildman–Crippen LogP) is 1.36. The molecule has 0 heterocycles. The number of anilines is 1. The van der Waals surface area contributed by atoms with E-state index in [-0.39, 0.29) is 5.69 Å². The fourth-order valence-corrected chi connectivity index (χ4v) is 1.09. The van der Waals surface area contributed by atoms with Crippen molar-refractivity contribution in [2.45, 2.75) is 0 Å². The number of benzene rings is 1. The van der Waals surface area contributed by atoms with Crippen LogP contribution in [0.25, 0.3) is 6.08 Å². The van der Waals surface area contributed by atoms with Crippen LogP contribution >= 0.6 is 0 Å². The number of carbonyl (C=O) groups excluding carboxylic acids is 1. The Hall–Kier alpha value is -2.37. The maximum absolute atomic E-state index is 10.8. The number of nitrogen functional groups attached to an aromatic ring is 1. The molecule has 0 aliphatic heterocycles. The molecule has 6 nitrogen and oxygen atoms in total. The van der Waals surface area contributed by atoms with Crippen LogP contribution in [0.1, 0.15) is 5.56 Å². The SMILES string of the molecule is COC(=O)C=Cc1ccc(N)cc1[N+](=O)[O-]. The number of nitrogens with two attached hydrogens (primary N) is 1. The topological polar surface area (TPSA) is 95.5 Å². The molecule has 0 aliphatic carbocycles. The molecule has 1 rings (SSSR count). The number of methoxy groups -OCH3 is 1. The highest BCUT2D eigenvalue weighted by molar-refractivity contribution is 5.88. The van der Waals surface area contributed by atoms with E-state index in [1.54, 1.807) is 0 Å². The minimum Gasteiger partial charge on any atom is -0.466 e. The van der Waals surface area contributed by atoms with Gasteiger partial charge in [-0.3, -0.25) is 10.1 Å². The highest BCUT2D eigenvalue weighted by atomic mass is 16.6. The van der Waals surface area contributed by atoms with Crippen molar-refractivity contribution >= 4 is 23.4 Å². The summed E-state index contributed by atoms with van der Waals surface area (Å²) in [6.45, 7) is 0. The normalized spacial score (nSPS) is 10.3. The van der Waals surface area contributed by atoms with Crippen molar-refractivity contribution in [1.29, 1.82) is 0 Å². The molecule has 0 atom stereocenters. The Morgan fingerprint density at radius 1 is 1.56 bits per heavy atom. The van der Waals surface area contributed by atoms with Crippen molar-refractivity contribution in [3.63, 3.8) is 0 Å². The van der Waals surface area contributed by atoms with Crippen LogP contribution in [-0.4, -0.2) is 18.0 Å². The molecule has 1 aromatic carbocycles. The zero-order valence-electron chi connectivity index (χ0n) is 8.54. The van der Waals surface area contributed by atoms with Gasteiger partial charge >= 0.3 is 5.97 Å². The van der Waals surface area contributed by atoms with Gasteiger partial charge in [0.05, 0.1) is 17.6 Å². The second-order valence-corrected chi connectivity index (χ2v) is 2.93. The van der Waals surface area contributed by atoms with Crippen molar-refractivity contribution in [2.24, 2.45) is 0 Å². The monoisotopic (exact) mass is 222 g/mol. The molecule has 1 aromatic rings. The van der Waals surface area contributed by atoms with E-state index < -0.39 is 10.9 Å². The minimum absolute atomic E-state index is 0.153. The smallest absolute Gasteiger partial charge is 0.330 e. The Kier molecular flexibility index (Phi) is 3.60. The number of nitrogens with zero attached hydrogens (tertiary/aromatic N) is 1. The zero-order chi connectivity index (χ0) is 12.1. The Morgan fingerprint density at radius 3 is 2.81 bits per heavy atom. The number of nitro groups is 1. The van der Waals surface area contributed by atoms with Crippen molar-refractivity contribution < 1.29 is 14.5 Å². The van der Waals surface area contributed by atoms with Crippen LogP contribution in [0.5, 0.6) is 0 Å². The Labute approximate surface area is 91.5 Å². The van der Waals surface area contributed by atoms with Crippen molar-refractivity contribution in [3.8, 4) is 0 Å². The third-order valence-corrected chi connectivity index (χ3v) is 1.85. The average molecular weight is 222 g/mol. The maximum atomic E-state index is 10.8. The lowest BCUT2D eigenvalue weighted by molar-refractivity contribution is -0.385. The quantitative estimate of drug-likeness (QED) is 0.274. The molecule has 0 fully saturated rings. The number of ether oxygens (including phenoxy) is 1. The first-order valence-electron chi connectivity index (χ1n) is 4.34. The van der Waals surface area contributed by atoms with E-state index in [0.717, 1.165) is 6.08 Å². The summed E-state index contributed by atoms with van der Waals surface area (Å²) in [5, 5.41) is 10.7. The molecule has 0 saturated carbocycles. The molecule has 0 radical (unpaired) electrons. The van der Waals surface area contributed by atoms with Gasteiger partial charge in [-0.05, 0) is 18.2 Å². The predicted molar refractivity (Wildman–Crippen MR) is 58.6 cm³/mol. The van der Waals surface area contributed by atoms with Gasteiger partial charge in [-0.25, -0.2) is 4.79 Å². The van der Waals surface area contributed by atoms with Gasteiger partial charge in [0.2, 0.25) is 0 Å². The Balaban J connectivity index is 3.09. The van der Waals surface area contributed by atoms with Crippen LogP contribution < -0.4 is 5.73 Å². The van der Waals surface area contributed by atoms with E-state index in [9.17, 15) is 14.9 Å². The van der Waals surface area contributed by atoms with Gasteiger partial charge in [-0.15, -0.1) is 0 Å². The summed E-state index contributed by atoms with van der Waals surface area (Å²) >= 11 is 0. The van der Waals surface area contributed by atoms with Crippen molar-refractivity contribution in [3.05, 3.63) is 40.0 Å². The summed E-state index contributed by atoms with van der Waals surface area (Å²) in [7, 11) is 1.23. The van der Waals surface area contributed by atoms with E-state index >= 15 is 0 Å². The molecule has 0 amide bonds. The maximum Gasteiger partial charge on any atom is 0.330 e. The van der Waals surface area contributed by atoms with Crippen molar-refractivity contribution in [1.82, 2.24) is 0 Å². The second kappa shape index (κ2) is 4.92. The van der Waals surface area contributed by atoms with Crippen LogP contribution in [0.2, 0.25) is 0 Å². The molecular formula is C10H10N2O4. The van der Waals surface area contributed by atoms with Crippen LogP contribution in [-0.2, 0) is 9.53 Å². The lowest BCUT2D eigenvalue weighted by Gasteiger charge is -1.98. The third kappa shape index (κ3) is 2.81. The number of hydrogen-bond acceptors (Lipinski definition) is 5. The van der Waals surface area contributed by atoms with E-state index in [2.05, 4.69) is 4.74 Å². The van der Waals surface area contributed by atoms with Gasteiger partial charge < -0.3 is 10.5 Å². The molecule has 0 aromatic heterocycles. The number of esters is 1. The van der Waals surface area contributed by atoms with Crippen molar-refractivity contribution in [2.75, 3.05) is 12.8 Å². The molecule has 2 N–H and O–H groups in total. The molecule has 0 unspecified atom stereocenters. The lowest BCUT2D eigenvalue weighted by atomic mass is 10.1. The van der Waals surface area contributed by atoms with Gasteiger partial charge in [0.15, 0.2) is 0 Å². The number of hydrogen-bond donors (Lipinski definition) is 1. The van der Waals surface area contributed by atoms with Gasteiger partial charge in [0, 0.05) is 17.8 Å². The number of rotatable bonds is 3. The fraction of sp³-hybridized carbons (Fsp3) is 0.100. The molecule has 0 aliphatic rings. The Bertz CT molecular complexity index is 454. The first-order valence-corrected chi connectivity index (χ1v) is 4.34. The molecule has 16 heavy (non-hydrogen) atoms. The average Bonchev–Trinajstić information content (AvgIpc) is 2.26. The summed E-state index contributed by atoms with van der Waals surface area (Å²) < 4.78 is 4.38. The molecular weight excluding hydrogens is 212 g/mol. The highest BCUT2D eigenvalue weighted by Crippen LogP contribution is 2.22. The van der Waals surface area contributed by atoms with E-state index in [1.807, 2.05) is 0 Å². The van der Waals surface area contributed by atoms with Gasteiger partial charge in [-0.1, -0.05) is 0 Å². The molecule has 0 spiro atoms. The van der Waals surface area contributed by atoms with E-state index in [4.69, 9.17) is 5.73 Å². The minimum atomic E-state index is -0.578. The first kappa shape index (κ1) is 11.7. The van der Waals surface area contributed by atoms with Gasteiger partial charge in [0.1, 0.15) is 0 Å². The summed E-state index contributed by atoms with van der Waals surface area (Å²) in [5.41, 5.74) is 5.86. The Morgan fingerprint density at radius 2 is 2.25 bits per heavy atom. The highest BCUT2D eigenvalue weighted by Gasteiger charge is 2.11. The second-order valence-electron chi connectivity index (χ2n) is 2.93. The van der Waals surface area contributed by atoms with Crippen LogP contribution in [0, 0.1) is 10.1 Å². The largest absolute Gasteiger partial charge is 0.466 e. The van der Waals surface area contributed by atoms with Gasteiger partial charge in [-0.2, -0.15) is 0 Å². The van der Waals surface area contributed by atoms with Crippen LogP contribution in [0.15, 0.2) is 24.3 Å². The first-order chi connectivity index (χ1) is 7.54. The summed E-state index contributed by atoms with van der Waals surface area (Å²) in [4.78, 5) is 21.0. The molecule has 0 saturated heterocycles. The third-order valence-electron chi connectivity index (χ3n) is 1.85. The molecule has 84 valence electrons. The standard InChI is InChI=1S/C10H10N2O4/c1-16-10(13)5-3-7-2-4-8(11)6-9(7)12(14)15/h2-6H,11H2,1H3. The lowest BCUT2D eigenvalue weighted by Crippen LogP contribution is -1.96.